The molecule has 0 saturated carbocycles. The maximum atomic E-state index is 12.9. The highest BCUT2D eigenvalue weighted by Crippen LogP contribution is 2.28. The molecule has 5 aromatic rings. The van der Waals surface area contributed by atoms with E-state index in [-0.39, 0.29) is 0 Å². The molecule has 0 bridgehead atoms. The van der Waals surface area contributed by atoms with Gasteiger partial charge in [0.05, 0.1) is 23.1 Å². The largest absolute Gasteiger partial charge is 0.368 e. The molecule has 5 rings (SSSR count). The molecule has 32 heavy (non-hydrogen) atoms. The molecule has 0 fully saturated rings. The van der Waals surface area contributed by atoms with E-state index in [2.05, 4.69) is 47.5 Å². The Morgan fingerprint density at radius 3 is 2.62 bits per heavy atom. The average Bonchev–Trinajstić information content (AvgIpc) is 3.47. The molecule has 1 N–H and O–H groups in total. The number of fused-ring (bicyclic) bond motifs is 1. The predicted molar refractivity (Wildman–Crippen MR) is 120 cm³/mol. The van der Waals surface area contributed by atoms with Crippen LogP contribution in [0.5, 0.6) is 0 Å². The van der Waals surface area contributed by atoms with Crippen molar-refractivity contribution in [2.45, 2.75) is 19.8 Å². The van der Waals surface area contributed by atoms with Gasteiger partial charge in [0.25, 0.3) is 0 Å². The number of aryl methyl sites for hydroxylation is 2. The quantitative estimate of drug-likeness (QED) is 0.359. The Morgan fingerprint density at radius 2 is 1.88 bits per heavy atom. The van der Waals surface area contributed by atoms with Gasteiger partial charge < -0.3 is 9.84 Å². The van der Waals surface area contributed by atoms with Crippen molar-refractivity contribution >= 4 is 27.5 Å². The fraction of sp³-hybridized carbons (Fsp3) is 0.182. The maximum Gasteiger partial charge on any atom is 0.231 e. The third-order valence-corrected chi connectivity index (χ3v) is 5.70. The third kappa shape index (κ3) is 4.30. The van der Waals surface area contributed by atoms with Gasteiger partial charge in [0.1, 0.15) is 16.6 Å². The van der Waals surface area contributed by atoms with E-state index in [0.29, 0.717) is 23.0 Å². The van der Waals surface area contributed by atoms with Crippen molar-refractivity contribution in [1.29, 1.82) is 0 Å². The summed E-state index contributed by atoms with van der Waals surface area (Å²) in [6, 6.07) is 9.78. The second-order valence-corrected chi connectivity index (χ2v) is 8.30. The summed E-state index contributed by atoms with van der Waals surface area (Å²) < 4.78 is 17.9. The number of benzene rings is 1. The van der Waals surface area contributed by atoms with Crippen LogP contribution in [-0.4, -0.2) is 36.6 Å². The first-order valence-corrected chi connectivity index (χ1v) is 10.8. The van der Waals surface area contributed by atoms with Crippen LogP contribution in [0, 0.1) is 12.9 Å². The van der Waals surface area contributed by atoms with E-state index in [1.54, 1.807) is 6.07 Å². The van der Waals surface area contributed by atoms with Crippen LogP contribution in [0.2, 0.25) is 0 Å². The van der Waals surface area contributed by atoms with Crippen LogP contribution in [0.15, 0.2) is 53.5 Å². The maximum absolute atomic E-state index is 12.9. The second-order valence-electron chi connectivity index (χ2n) is 7.12. The van der Waals surface area contributed by atoms with Crippen molar-refractivity contribution in [3.05, 3.63) is 65.5 Å². The Hall–Kier alpha value is -3.79. The molecule has 0 spiro atoms. The topological polar surface area (TPSA) is 103 Å². The lowest BCUT2D eigenvalue weighted by molar-refractivity contribution is 0.422. The minimum atomic E-state index is -0.584. The van der Waals surface area contributed by atoms with Gasteiger partial charge in [0, 0.05) is 18.2 Å². The van der Waals surface area contributed by atoms with Crippen LogP contribution in [0.4, 0.5) is 10.2 Å². The molecular formula is C22H18FN7OS. The summed E-state index contributed by atoms with van der Waals surface area (Å²) in [6.45, 7) is 2.68. The highest BCUT2D eigenvalue weighted by Gasteiger charge is 2.14. The van der Waals surface area contributed by atoms with Crippen molar-refractivity contribution in [2.24, 2.45) is 0 Å². The average molecular weight is 447 g/mol. The van der Waals surface area contributed by atoms with E-state index in [0.717, 1.165) is 46.5 Å². The first-order valence-electron chi connectivity index (χ1n) is 10.0. The predicted octanol–water partition coefficient (Wildman–Crippen LogP) is 4.69. The lowest BCUT2D eigenvalue weighted by Gasteiger charge is -2.08. The summed E-state index contributed by atoms with van der Waals surface area (Å²) in [5.41, 5.74) is 4.11. The Balaban J connectivity index is 1.24. The van der Waals surface area contributed by atoms with Gasteiger partial charge in [-0.1, -0.05) is 40.8 Å². The van der Waals surface area contributed by atoms with Gasteiger partial charge in [-0.2, -0.15) is 4.39 Å². The van der Waals surface area contributed by atoms with E-state index in [1.807, 2.05) is 19.1 Å². The Labute approximate surface area is 186 Å². The van der Waals surface area contributed by atoms with Crippen molar-refractivity contribution < 1.29 is 8.91 Å². The zero-order valence-corrected chi connectivity index (χ0v) is 17.9. The van der Waals surface area contributed by atoms with Gasteiger partial charge in [0.15, 0.2) is 17.3 Å². The number of hydrogen-bond donors (Lipinski definition) is 1. The number of thiazole rings is 1. The molecule has 0 amide bonds. The van der Waals surface area contributed by atoms with Gasteiger partial charge in [-0.05, 0) is 25.3 Å². The van der Waals surface area contributed by atoms with Crippen LogP contribution in [0.25, 0.3) is 33.1 Å². The molecule has 4 heterocycles. The van der Waals surface area contributed by atoms with E-state index >= 15 is 0 Å². The summed E-state index contributed by atoms with van der Waals surface area (Å²) in [4.78, 5) is 22.3. The fourth-order valence-electron chi connectivity index (χ4n) is 3.29. The normalized spacial score (nSPS) is 11.2. The smallest absolute Gasteiger partial charge is 0.231 e. The van der Waals surface area contributed by atoms with E-state index in [4.69, 9.17) is 4.52 Å². The van der Waals surface area contributed by atoms with Gasteiger partial charge in [-0.25, -0.2) is 24.9 Å². The lowest BCUT2D eigenvalue weighted by Crippen LogP contribution is -2.06. The number of nitrogens with zero attached hydrogens (tertiary/aromatic N) is 6. The molecule has 0 aliphatic carbocycles. The van der Waals surface area contributed by atoms with E-state index in [9.17, 15) is 4.39 Å². The molecule has 0 atom stereocenters. The van der Waals surface area contributed by atoms with Crippen molar-refractivity contribution in [1.82, 2.24) is 30.1 Å². The molecule has 4 aromatic heterocycles. The van der Waals surface area contributed by atoms with Gasteiger partial charge >= 0.3 is 0 Å². The van der Waals surface area contributed by atoms with Crippen molar-refractivity contribution in [2.75, 3.05) is 11.9 Å². The highest BCUT2D eigenvalue weighted by molar-refractivity contribution is 7.18. The molecule has 0 aliphatic rings. The van der Waals surface area contributed by atoms with E-state index in [1.165, 1.54) is 29.4 Å². The standard InChI is InChI=1S/C22H18FN7OS/c1-13-27-19-21(28-20(29-22(19)32-13)16-8-10-31-30-16)24-9-2-3-14-4-6-15(7-5-14)17-11-26-18(23)12-25-17/h4-8,10-12H,2-3,9H2,1H3,(H,24,28,29). The summed E-state index contributed by atoms with van der Waals surface area (Å²) in [7, 11) is 0. The molecule has 160 valence electrons. The van der Waals surface area contributed by atoms with Crippen LogP contribution in [0.3, 0.4) is 0 Å². The Morgan fingerprint density at radius 1 is 1.00 bits per heavy atom. The molecule has 1 aromatic carbocycles. The number of rotatable bonds is 7. The number of hydrogen-bond acceptors (Lipinski definition) is 9. The lowest BCUT2D eigenvalue weighted by atomic mass is 10.1. The first kappa shape index (κ1) is 20.1. The Kier molecular flexibility index (Phi) is 5.51. The Bertz CT molecular complexity index is 1340. The van der Waals surface area contributed by atoms with Crippen molar-refractivity contribution in [3.8, 4) is 22.8 Å². The molecule has 10 heteroatoms. The molecular weight excluding hydrogens is 429 g/mol. The fourth-order valence-corrected chi connectivity index (χ4v) is 4.08. The van der Waals surface area contributed by atoms with Crippen LogP contribution < -0.4 is 5.32 Å². The molecule has 0 aliphatic heterocycles. The van der Waals surface area contributed by atoms with E-state index < -0.39 is 5.95 Å². The zero-order valence-electron chi connectivity index (χ0n) is 17.1. The molecule has 0 unspecified atom stereocenters. The first-order chi connectivity index (χ1) is 15.7. The van der Waals surface area contributed by atoms with Crippen molar-refractivity contribution in [3.63, 3.8) is 0 Å². The second kappa shape index (κ2) is 8.75. The molecule has 0 saturated heterocycles. The van der Waals surface area contributed by atoms with Gasteiger partial charge in [-0.15, -0.1) is 0 Å². The van der Waals surface area contributed by atoms with Crippen LogP contribution in [-0.2, 0) is 6.42 Å². The number of aromatic nitrogens is 6. The summed E-state index contributed by atoms with van der Waals surface area (Å²) in [5, 5.41) is 8.27. The zero-order chi connectivity index (χ0) is 21.9. The summed E-state index contributed by atoms with van der Waals surface area (Å²) in [6.07, 6.45) is 5.86. The summed E-state index contributed by atoms with van der Waals surface area (Å²) in [5.74, 6) is 0.624. The number of halogens is 1. The molecule has 8 nitrogen and oxygen atoms in total. The number of nitrogens with one attached hydrogen (secondary N) is 1. The highest BCUT2D eigenvalue weighted by atomic mass is 32.1. The minimum absolute atomic E-state index is 0.511. The number of anilines is 1. The van der Waals surface area contributed by atoms with Crippen LogP contribution >= 0.6 is 11.3 Å². The van der Waals surface area contributed by atoms with Crippen LogP contribution in [0.1, 0.15) is 17.0 Å². The third-order valence-electron chi connectivity index (χ3n) is 4.84. The molecule has 0 radical (unpaired) electrons. The summed E-state index contributed by atoms with van der Waals surface area (Å²) >= 11 is 1.52. The minimum Gasteiger partial charge on any atom is -0.368 e. The monoisotopic (exact) mass is 447 g/mol. The van der Waals surface area contributed by atoms with Gasteiger partial charge in [0.2, 0.25) is 5.95 Å². The van der Waals surface area contributed by atoms with Gasteiger partial charge in [-0.3, -0.25) is 0 Å². The SMILES string of the molecule is Cc1nc2c(NCCCc3ccc(-c4cnc(F)cn4)cc3)nc(-c3ccon3)nc2s1.